The third-order valence-electron chi connectivity index (χ3n) is 4.17. The molecule has 0 saturated carbocycles. The number of amides is 1. The number of fused-ring (bicyclic) bond motifs is 1. The minimum atomic E-state index is -0.108. The fourth-order valence-corrected chi connectivity index (χ4v) is 3.04. The molecule has 1 atom stereocenters. The summed E-state index contributed by atoms with van der Waals surface area (Å²) in [5.41, 5.74) is 3.07. The predicted molar refractivity (Wildman–Crippen MR) is 98.9 cm³/mol. The van der Waals surface area contributed by atoms with Crippen LogP contribution in [0, 0.1) is 0 Å². The number of rotatable bonds is 7. The van der Waals surface area contributed by atoms with E-state index in [1.54, 1.807) is 19.4 Å². The lowest BCUT2D eigenvalue weighted by atomic mass is 9.89. The maximum Gasteiger partial charge on any atom is 0.221 e. The number of carbonyl (C=O) groups is 1. The lowest BCUT2D eigenvalue weighted by molar-refractivity contribution is -0.121. The molecular weight excluding hydrogens is 338 g/mol. The van der Waals surface area contributed by atoms with Gasteiger partial charge in [0.2, 0.25) is 5.91 Å². The van der Waals surface area contributed by atoms with E-state index in [9.17, 15) is 4.79 Å². The van der Waals surface area contributed by atoms with Crippen LogP contribution in [-0.4, -0.2) is 36.1 Å². The van der Waals surface area contributed by atoms with E-state index in [4.69, 9.17) is 16.3 Å². The van der Waals surface area contributed by atoms with Gasteiger partial charge in [-0.3, -0.25) is 4.79 Å². The summed E-state index contributed by atoms with van der Waals surface area (Å²) < 4.78 is 4.98. The van der Waals surface area contributed by atoms with Gasteiger partial charge in [0.05, 0.1) is 6.61 Å². The minimum Gasteiger partial charge on any atom is -0.383 e. The average Bonchev–Trinajstić information content (AvgIpc) is 3.05. The first-order valence-corrected chi connectivity index (χ1v) is 8.50. The highest BCUT2D eigenvalue weighted by Crippen LogP contribution is 2.33. The molecule has 5 nitrogen and oxygen atoms in total. The van der Waals surface area contributed by atoms with Crippen molar-refractivity contribution in [1.29, 1.82) is 0 Å². The van der Waals surface area contributed by atoms with Crippen molar-refractivity contribution in [3.8, 4) is 0 Å². The molecule has 0 spiro atoms. The molecule has 2 aromatic heterocycles. The number of methoxy groups -OCH3 is 1. The number of hydrogen-bond acceptors (Lipinski definition) is 3. The van der Waals surface area contributed by atoms with Crippen molar-refractivity contribution in [1.82, 2.24) is 15.3 Å². The second kappa shape index (κ2) is 8.14. The lowest BCUT2D eigenvalue weighted by Crippen LogP contribution is -2.28. The first-order valence-electron chi connectivity index (χ1n) is 8.12. The average molecular weight is 358 g/mol. The number of aromatic nitrogens is 2. The Kier molecular flexibility index (Phi) is 5.68. The van der Waals surface area contributed by atoms with Crippen molar-refractivity contribution in [2.24, 2.45) is 0 Å². The third-order valence-corrected chi connectivity index (χ3v) is 4.39. The van der Waals surface area contributed by atoms with Gasteiger partial charge in [0, 0.05) is 49.3 Å². The molecular formula is C19H20ClN3O2. The van der Waals surface area contributed by atoms with Gasteiger partial charge in [-0.15, -0.1) is 0 Å². The summed E-state index contributed by atoms with van der Waals surface area (Å²) in [6, 6.07) is 11.7. The van der Waals surface area contributed by atoms with Gasteiger partial charge in [0.15, 0.2) is 0 Å². The maximum atomic E-state index is 12.4. The molecule has 0 saturated heterocycles. The number of ether oxygens (including phenoxy) is 1. The van der Waals surface area contributed by atoms with Crippen LogP contribution in [-0.2, 0) is 9.53 Å². The van der Waals surface area contributed by atoms with Crippen molar-refractivity contribution < 1.29 is 9.53 Å². The van der Waals surface area contributed by atoms with E-state index in [0.29, 0.717) is 24.7 Å². The van der Waals surface area contributed by atoms with Crippen molar-refractivity contribution in [3.63, 3.8) is 0 Å². The van der Waals surface area contributed by atoms with Gasteiger partial charge < -0.3 is 15.0 Å². The van der Waals surface area contributed by atoms with E-state index in [1.165, 1.54) is 0 Å². The molecule has 1 aromatic carbocycles. The summed E-state index contributed by atoms with van der Waals surface area (Å²) in [6.45, 7) is 0.987. The van der Waals surface area contributed by atoms with Gasteiger partial charge in [-0.25, -0.2) is 4.98 Å². The standard InChI is InChI=1S/C19H20ClN3O2/c1-25-9-8-21-19(24)10-15(13-6-7-18(20)23-11-13)16-12-22-17-5-3-2-4-14(16)17/h2-7,11-12,15,22H,8-10H2,1H3,(H,21,24)/t15-/m0/s1. The van der Waals surface area contributed by atoms with Crippen molar-refractivity contribution >= 4 is 28.4 Å². The Bertz CT molecular complexity index is 845. The fraction of sp³-hybridized carbons (Fsp3) is 0.263. The molecule has 0 fully saturated rings. The number of para-hydroxylation sites is 1. The second-order valence-corrected chi connectivity index (χ2v) is 6.19. The van der Waals surface area contributed by atoms with E-state index in [0.717, 1.165) is 22.0 Å². The molecule has 0 aliphatic heterocycles. The lowest BCUT2D eigenvalue weighted by Gasteiger charge is -2.17. The quantitative estimate of drug-likeness (QED) is 0.502. The zero-order valence-corrected chi connectivity index (χ0v) is 14.7. The first-order chi connectivity index (χ1) is 12.2. The van der Waals surface area contributed by atoms with Crippen molar-refractivity contribution in [3.05, 3.63) is 65.1 Å². The summed E-state index contributed by atoms with van der Waals surface area (Å²) >= 11 is 5.92. The molecule has 3 aromatic rings. The number of nitrogens with one attached hydrogen (secondary N) is 2. The summed E-state index contributed by atoms with van der Waals surface area (Å²) in [5, 5.41) is 4.42. The Morgan fingerprint density at radius 1 is 1.32 bits per heavy atom. The van der Waals surface area contributed by atoms with Crippen molar-refractivity contribution in [2.75, 3.05) is 20.3 Å². The molecule has 2 heterocycles. The highest BCUT2D eigenvalue weighted by Gasteiger charge is 2.21. The predicted octanol–water partition coefficient (Wildman–Crippen LogP) is 3.50. The van der Waals surface area contributed by atoms with Crippen LogP contribution in [0.4, 0.5) is 0 Å². The number of H-pyrrole nitrogens is 1. The van der Waals surface area contributed by atoms with Gasteiger partial charge in [-0.2, -0.15) is 0 Å². The second-order valence-electron chi connectivity index (χ2n) is 5.80. The molecule has 0 unspecified atom stereocenters. The number of hydrogen-bond donors (Lipinski definition) is 2. The molecule has 6 heteroatoms. The van der Waals surface area contributed by atoms with E-state index < -0.39 is 0 Å². The number of benzene rings is 1. The van der Waals surface area contributed by atoms with E-state index in [-0.39, 0.29) is 11.8 Å². The number of aromatic amines is 1. The summed E-state index contributed by atoms with van der Waals surface area (Å²) in [7, 11) is 1.61. The van der Waals surface area contributed by atoms with Gasteiger partial charge >= 0.3 is 0 Å². The molecule has 130 valence electrons. The minimum absolute atomic E-state index is 0.0257. The normalized spacial score (nSPS) is 12.2. The molecule has 0 aliphatic carbocycles. The van der Waals surface area contributed by atoms with Crippen LogP contribution in [0.5, 0.6) is 0 Å². The smallest absolute Gasteiger partial charge is 0.221 e. The zero-order chi connectivity index (χ0) is 17.6. The first kappa shape index (κ1) is 17.5. The van der Waals surface area contributed by atoms with Gasteiger partial charge in [0.1, 0.15) is 5.15 Å². The summed E-state index contributed by atoms with van der Waals surface area (Å²) in [5.74, 6) is -0.134. The summed E-state index contributed by atoms with van der Waals surface area (Å²) in [4.78, 5) is 19.8. The Morgan fingerprint density at radius 3 is 2.92 bits per heavy atom. The Morgan fingerprint density at radius 2 is 2.16 bits per heavy atom. The fourth-order valence-electron chi connectivity index (χ4n) is 2.93. The highest BCUT2D eigenvalue weighted by molar-refractivity contribution is 6.29. The summed E-state index contributed by atoms with van der Waals surface area (Å²) in [6.07, 6.45) is 4.03. The van der Waals surface area contributed by atoms with Gasteiger partial charge in [-0.1, -0.05) is 35.9 Å². The third kappa shape index (κ3) is 4.18. The Hall–Kier alpha value is -2.37. The van der Waals surface area contributed by atoms with E-state index in [2.05, 4.69) is 21.4 Å². The molecule has 0 aliphatic rings. The van der Waals surface area contributed by atoms with Gasteiger partial charge in [0.25, 0.3) is 0 Å². The molecule has 25 heavy (non-hydrogen) atoms. The molecule has 0 bridgehead atoms. The van der Waals surface area contributed by atoms with Crippen LogP contribution in [0.25, 0.3) is 10.9 Å². The van der Waals surface area contributed by atoms with E-state index >= 15 is 0 Å². The van der Waals surface area contributed by atoms with Crippen LogP contribution in [0.2, 0.25) is 5.15 Å². The molecule has 2 N–H and O–H groups in total. The number of halogens is 1. The topological polar surface area (TPSA) is 67.0 Å². The Balaban J connectivity index is 1.91. The number of pyridine rings is 1. The maximum absolute atomic E-state index is 12.4. The van der Waals surface area contributed by atoms with Crippen LogP contribution in [0.3, 0.4) is 0 Å². The van der Waals surface area contributed by atoms with E-state index in [1.807, 2.05) is 30.5 Å². The monoisotopic (exact) mass is 357 g/mol. The Labute approximate surface area is 151 Å². The van der Waals surface area contributed by atoms with Gasteiger partial charge in [-0.05, 0) is 23.3 Å². The van der Waals surface area contributed by atoms with Crippen LogP contribution >= 0.6 is 11.6 Å². The largest absolute Gasteiger partial charge is 0.383 e. The van der Waals surface area contributed by atoms with Crippen LogP contribution < -0.4 is 5.32 Å². The number of carbonyl (C=O) groups excluding carboxylic acids is 1. The molecule has 0 radical (unpaired) electrons. The highest BCUT2D eigenvalue weighted by atomic mass is 35.5. The van der Waals surface area contributed by atoms with Crippen LogP contribution in [0.15, 0.2) is 48.8 Å². The molecule has 3 rings (SSSR count). The van der Waals surface area contributed by atoms with Crippen LogP contribution in [0.1, 0.15) is 23.5 Å². The van der Waals surface area contributed by atoms with Crippen molar-refractivity contribution in [2.45, 2.75) is 12.3 Å². The number of nitrogens with zero attached hydrogens (tertiary/aromatic N) is 1. The SMILES string of the molecule is COCCNC(=O)C[C@@H](c1ccc(Cl)nc1)c1c[nH]c2ccccc12. The molecule has 1 amide bonds. The zero-order valence-electron chi connectivity index (χ0n) is 14.0.